The molecule has 1 aromatic rings. The van der Waals surface area contributed by atoms with Crippen LogP contribution in [0.3, 0.4) is 0 Å². The van der Waals surface area contributed by atoms with E-state index >= 15 is 0 Å². The predicted octanol–water partition coefficient (Wildman–Crippen LogP) is 2.37. The van der Waals surface area contributed by atoms with Crippen molar-refractivity contribution in [3.8, 4) is 0 Å². The molecular formula is C13H18N2OS. The van der Waals surface area contributed by atoms with Crippen LogP contribution in [0.15, 0.2) is 16.8 Å². The topological polar surface area (TPSA) is 32.3 Å². The van der Waals surface area contributed by atoms with Gasteiger partial charge in [-0.2, -0.15) is 11.3 Å². The third-order valence-electron chi connectivity index (χ3n) is 3.91. The van der Waals surface area contributed by atoms with Crippen molar-refractivity contribution in [1.29, 1.82) is 0 Å². The van der Waals surface area contributed by atoms with E-state index in [9.17, 15) is 4.79 Å². The molecule has 2 aliphatic rings. The molecule has 2 unspecified atom stereocenters. The second-order valence-corrected chi connectivity index (χ2v) is 5.92. The van der Waals surface area contributed by atoms with Crippen molar-refractivity contribution in [1.82, 2.24) is 10.2 Å². The zero-order valence-electron chi connectivity index (χ0n) is 10.1. The van der Waals surface area contributed by atoms with Crippen molar-refractivity contribution in [3.05, 3.63) is 22.4 Å². The Morgan fingerprint density at radius 3 is 2.94 bits per heavy atom. The van der Waals surface area contributed by atoms with Crippen LogP contribution in [0.2, 0.25) is 0 Å². The molecule has 0 spiro atoms. The predicted molar refractivity (Wildman–Crippen MR) is 68.7 cm³/mol. The number of thiophene rings is 1. The minimum atomic E-state index is -0.0417. The van der Waals surface area contributed by atoms with Gasteiger partial charge in [0.1, 0.15) is 6.17 Å². The maximum atomic E-state index is 12.2. The fraction of sp³-hybridized carbons (Fsp3) is 0.615. The van der Waals surface area contributed by atoms with E-state index in [1.54, 1.807) is 11.3 Å². The first kappa shape index (κ1) is 11.2. The summed E-state index contributed by atoms with van der Waals surface area (Å²) in [5.74, 6) is 0.986. The molecule has 4 heteroatoms. The standard InChI is InChI=1S/C13H18N2OS/c1-9-13(16)15(7-10-3-2-4-10)12(14-9)11-5-6-17-8-11/h5-6,8-10,12,14H,2-4,7H2,1H3. The lowest BCUT2D eigenvalue weighted by molar-refractivity contribution is -0.130. The van der Waals surface area contributed by atoms with Gasteiger partial charge in [0.15, 0.2) is 0 Å². The van der Waals surface area contributed by atoms with Crippen molar-refractivity contribution in [2.24, 2.45) is 5.92 Å². The van der Waals surface area contributed by atoms with Crippen molar-refractivity contribution < 1.29 is 4.79 Å². The second kappa shape index (κ2) is 4.42. The summed E-state index contributed by atoms with van der Waals surface area (Å²) >= 11 is 1.69. The van der Waals surface area contributed by atoms with Crippen LogP contribution >= 0.6 is 11.3 Å². The van der Waals surface area contributed by atoms with Gasteiger partial charge in [0.2, 0.25) is 5.91 Å². The third kappa shape index (κ3) is 2.00. The monoisotopic (exact) mass is 250 g/mol. The van der Waals surface area contributed by atoms with Gasteiger partial charge in [-0.25, -0.2) is 0 Å². The summed E-state index contributed by atoms with van der Waals surface area (Å²) < 4.78 is 0. The first-order valence-corrected chi connectivity index (χ1v) is 7.28. The van der Waals surface area contributed by atoms with E-state index in [-0.39, 0.29) is 18.1 Å². The molecule has 1 aromatic heterocycles. The lowest BCUT2D eigenvalue weighted by Crippen LogP contribution is -2.37. The zero-order valence-corrected chi connectivity index (χ0v) is 10.9. The van der Waals surface area contributed by atoms with Crippen molar-refractivity contribution >= 4 is 17.2 Å². The minimum Gasteiger partial charge on any atom is -0.321 e. The molecule has 1 aliphatic carbocycles. The number of nitrogens with one attached hydrogen (secondary N) is 1. The molecule has 1 saturated carbocycles. The van der Waals surface area contributed by atoms with Gasteiger partial charge in [-0.05, 0) is 48.1 Å². The highest BCUT2D eigenvalue weighted by Crippen LogP contribution is 2.33. The molecule has 17 heavy (non-hydrogen) atoms. The number of nitrogens with zero attached hydrogens (tertiary/aromatic N) is 1. The van der Waals surface area contributed by atoms with Crippen LogP contribution in [-0.2, 0) is 4.79 Å². The average molecular weight is 250 g/mol. The van der Waals surface area contributed by atoms with Crippen LogP contribution < -0.4 is 5.32 Å². The number of hydrogen-bond donors (Lipinski definition) is 1. The highest BCUT2D eigenvalue weighted by molar-refractivity contribution is 7.07. The number of amides is 1. The molecule has 0 bridgehead atoms. The first-order valence-electron chi connectivity index (χ1n) is 6.34. The Labute approximate surface area is 106 Å². The molecule has 2 heterocycles. The van der Waals surface area contributed by atoms with Crippen LogP contribution in [0.4, 0.5) is 0 Å². The van der Waals surface area contributed by atoms with E-state index in [1.165, 1.54) is 24.8 Å². The molecule has 1 N–H and O–H groups in total. The molecule has 0 aromatic carbocycles. The highest BCUT2D eigenvalue weighted by atomic mass is 32.1. The minimum absolute atomic E-state index is 0.0417. The number of carbonyl (C=O) groups excluding carboxylic acids is 1. The van der Waals surface area contributed by atoms with E-state index in [0.717, 1.165) is 12.5 Å². The summed E-state index contributed by atoms with van der Waals surface area (Å²) in [6, 6.07) is 2.07. The molecule has 2 atom stereocenters. The SMILES string of the molecule is CC1NC(c2ccsc2)N(CC2CCC2)C1=O. The highest BCUT2D eigenvalue weighted by Gasteiger charge is 2.38. The zero-order chi connectivity index (χ0) is 11.8. The van der Waals surface area contributed by atoms with Crippen LogP contribution in [-0.4, -0.2) is 23.4 Å². The Balaban J connectivity index is 1.78. The van der Waals surface area contributed by atoms with Gasteiger partial charge < -0.3 is 4.90 Å². The van der Waals surface area contributed by atoms with Crippen molar-refractivity contribution in [2.45, 2.75) is 38.4 Å². The van der Waals surface area contributed by atoms with Gasteiger partial charge >= 0.3 is 0 Å². The van der Waals surface area contributed by atoms with Crippen LogP contribution in [0.25, 0.3) is 0 Å². The number of hydrogen-bond acceptors (Lipinski definition) is 3. The molecule has 92 valence electrons. The van der Waals surface area contributed by atoms with Gasteiger partial charge in [-0.15, -0.1) is 0 Å². The summed E-state index contributed by atoms with van der Waals surface area (Å²) in [7, 11) is 0. The van der Waals surface area contributed by atoms with E-state index in [2.05, 4.69) is 22.1 Å². The Bertz CT molecular complexity index is 400. The molecule has 3 nitrogen and oxygen atoms in total. The van der Waals surface area contributed by atoms with Gasteiger partial charge in [-0.1, -0.05) is 6.42 Å². The lowest BCUT2D eigenvalue weighted by Gasteiger charge is -2.32. The molecular weight excluding hydrogens is 232 g/mol. The largest absolute Gasteiger partial charge is 0.321 e. The van der Waals surface area contributed by atoms with Gasteiger partial charge in [0, 0.05) is 6.54 Å². The summed E-state index contributed by atoms with van der Waals surface area (Å²) in [6.07, 6.45) is 4.01. The molecule has 1 amide bonds. The van der Waals surface area contributed by atoms with Gasteiger partial charge in [-0.3, -0.25) is 10.1 Å². The maximum absolute atomic E-state index is 12.2. The molecule has 1 aliphatic heterocycles. The average Bonchev–Trinajstić information content (AvgIpc) is 2.84. The van der Waals surface area contributed by atoms with E-state index in [1.807, 2.05) is 11.8 Å². The fourth-order valence-electron chi connectivity index (χ4n) is 2.63. The Morgan fingerprint density at radius 1 is 1.53 bits per heavy atom. The second-order valence-electron chi connectivity index (χ2n) is 5.14. The smallest absolute Gasteiger partial charge is 0.241 e. The van der Waals surface area contributed by atoms with Crippen molar-refractivity contribution in [2.75, 3.05) is 6.54 Å². The van der Waals surface area contributed by atoms with E-state index in [0.29, 0.717) is 0 Å². The fourth-order valence-corrected chi connectivity index (χ4v) is 3.31. The molecule has 0 radical (unpaired) electrons. The maximum Gasteiger partial charge on any atom is 0.241 e. The number of carbonyl (C=O) groups is 1. The summed E-state index contributed by atoms with van der Waals surface area (Å²) in [4.78, 5) is 14.2. The van der Waals surface area contributed by atoms with Crippen LogP contribution in [0.1, 0.15) is 37.9 Å². The van der Waals surface area contributed by atoms with Gasteiger partial charge in [0.05, 0.1) is 6.04 Å². The molecule has 1 saturated heterocycles. The summed E-state index contributed by atoms with van der Waals surface area (Å²) in [5, 5.41) is 7.60. The van der Waals surface area contributed by atoms with Crippen LogP contribution in [0.5, 0.6) is 0 Å². The Kier molecular flexibility index (Phi) is 2.92. The Hall–Kier alpha value is -0.870. The van der Waals surface area contributed by atoms with Crippen molar-refractivity contribution in [3.63, 3.8) is 0 Å². The summed E-state index contributed by atoms with van der Waals surface area (Å²) in [5.41, 5.74) is 1.23. The quantitative estimate of drug-likeness (QED) is 0.893. The third-order valence-corrected chi connectivity index (χ3v) is 4.61. The van der Waals surface area contributed by atoms with E-state index in [4.69, 9.17) is 0 Å². The van der Waals surface area contributed by atoms with Crippen LogP contribution in [0, 0.1) is 5.92 Å². The summed E-state index contributed by atoms with van der Waals surface area (Å²) in [6.45, 7) is 2.89. The lowest BCUT2D eigenvalue weighted by atomic mass is 9.85. The number of rotatable bonds is 3. The molecule has 3 rings (SSSR count). The Morgan fingerprint density at radius 2 is 2.35 bits per heavy atom. The van der Waals surface area contributed by atoms with Gasteiger partial charge in [0.25, 0.3) is 0 Å². The molecule has 2 fully saturated rings. The first-order chi connectivity index (χ1) is 8.25. The normalized spacial score (nSPS) is 29.7. The van der Waals surface area contributed by atoms with E-state index < -0.39 is 0 Å².